The Balaban J connectivity index is 1.35. The van der Waals surface area contributed by atoms with Gasteiger partial charge in [-0.1, -0.05) is 47.5 Å². The van der Waals surface area contributed by atoms with Gasteiger partial charge < -0.3 is 19.4 Å². The van der Waals surface area contributed by atoms with Crippen LogP contribution >= 0.6 is 23.2 Å². The van der Waals surface area contributed by atoms with E-state index in [-0.39, 0.29) is 17.7 Å². The molecule has 0 N–H and O–H groups in total. The van der Waals surface area contributed by atoms with Gasteiger partial charge >= 0.3 is 0 Å². The van der Waals surface area contributed by atoms with Crippen LogP contribution in [-0.2, 0) is 9.53 Å². The van der Waals surface area contributed by atoms with E-state index in [2.05, 4.69) is 9.80 Å². The summed E-state index contributed by atoms with van der Waals surface area (Å²) in [5.74, 6) is 0.751. The van der Waals surface area contributed by atoms with Crippen molar-refractivity contribution < 1.29 is 14.3 Å². The average molecular weight is 589 g/mol. The number of unbranched alkanes of at least 4 members (excludes halogenated alkanes) is 1. The summed E-state index contributed by atoms with van der Waals surface area (Å²) in [6.07, 6.45) is 6.98. The van der Waals surface area contributed by atoms with E-state index >= 15 is 0 Å². The summed E-state index contributed by atoms with van der Waals surface area (Å²) < 4.78 is 5.21. The summed E-state index contributed by atoms with van der Waals surface area (Å²) >= 11 is 12.6. The maximum atomic E-state index is 13.1. The quantitative estimate of drug-likeness (QED) is 0.241. The zero-order valence-electron chi connectivity index (χ0n) is 23.9. The summed E-state index contributed by atoms with van der Waals surface area (Å²) in [6.45, 7) is 5.05. The Morgan fingerprint density at radius 3 is 2.38 bits per heavy atom. The number of nitrogens with zero attached hydrogens (tertiary/aromatic N) is 3. The van der Waals surface area contributed by atoms with Crippen LogP contribution in [0.5, 0.6) is 0 Å². The summed E-state index contributed by atoms with van der Waals surface area (Å²) in [5, 5.41) is 1.07. The molecule has 0 bridgehead atoms. The lowest BCUT2D eigenvalue weighted by molar-refractivity contribution is -0.136. The number of hydrogen-bond acceptors (Lipinski definition) is 4. The molecule has 2 fully saturated rings. The van der Waals surface area contributed by atoms with Crippen LogP contribution < -0.4 is 0 Å². The molecule has 0 aromatic heterocycles. The van der Waals surface area contributed by atoms with Crippen LogP contribution in [0, 0.1) is 5.92 Å². The van der Waals surface area contributed by atoms with E-state index in [4.69, 9.17) is 27.9 Å². The minimum absolute atomic E-state index is 0.0115. The molecule has 2 aliphatic rings. The lowest BCUT2D eigenvalue weighted by atomic mass is 9.93. The van der Waals surface area contributed by atoms with Crippen LogP contribution in [0.1, 0.15) is 66.8 Å². The summed E-state index contributed by atoms with van der Waals surface area (Å²) in [5.41, 5.74) is 1.78. The SMILES string of the molecule is COCCCCN(C(=O)C1CC1)C1CCN(CC[C@H](CN(C)C(=O)c2ccccc2)c2ccc(Cl)c(Cl)c2)CC1. The molecule has 0 unspecified atom stereocenters. The monoisotopic (exact) mass is 587 g/mol. The van der Waals surface area contributed by atoms with Crippen LogP contribution in [0.3, 0.4) is 0 Å². The molecule has 0 radical (unpaired) electrons. The fourth-order valence-corrected chi connectivity index (χ4v) is 6.01. The maximum Gasteiger partial charge on any atom is 0.253 e. The van der Waals surface area contributed by atoms with Gasteiger partial charge in [0.25, 0.3) is 5.91 Å². The number of benzene rings is 2. The largest absolute Gasteiger partial charge is 0.385 e. The van der Waals surface area contributed by atoms with Gasteiger partial charge in [0.1, 0.15) is 0 Å². The number of rotatable bonds is 14. The number of carbonyl (C=O) groups is 2. The molecule has 1 saturated carbocycles. The lowest BCUT2D eigenvalue weighted by Crippen LogP contribution is -2.48. The highest BCUT2D eigenvalue weighted by molar-refractivity contribution is 6.42. The molecule has 2 aromatic carbocycles. The summed E-state index contributed by atoms with van der Waals surface area (Å²) in [6, 6.07) is 15.5. The fourth-order valence-electron chi connectivity index (χ4n) is 5.70. The van der Waals surface area contributed by atoms with Gasteiger partial charge in [-0.05, 0) is 81.3 Å². The number of piperidine rings is 1. The van der Waals surface area contributed by atoms with E-state index in [9.17, 15) is 9.59 Å². The molecule has 40 heavy (non-hydrogen) atoms. The third-order valence-electron chi connectivity index (χ3n) is 8.28. The Bertz CT molecular complexity index is 1100. The van der Waals surface area contributed by atoms with Crippen LogP contribution in [0.15, 0.2) is 48.5 Å². The molecule has 1 atom stereocenters. The molecule has 4 rings (SSSR count). The molecule has 1 aliphatic carbocycles. The van der Waals surface area contributed by atoms with Crippen LogP contribution in [0.25, 0.3) is 0 Å². The third kappa shape index (κ3) is 8.69. The first kappa shape index (κ1) is 30.8. The topological polar surface area (TPSA) is 53.1 Å². The third-order valence-corrected chi connectivity index (χ3v) is 9.01. The molecule has 218 valence electrons. The Morgan fingerprint density at radius 1 is 1.00 bits per heavy atom. The summed E-state index contributed by atoms with van der Waals surface area (Å²) in [4.78, 5) is 32.6. The Morgan fingerprint density at radius 2 is 1.73 bits per heavy atom. The molecular weight excluding hydrogens is 545 g/mol. The van der Waals surface area contributed by atoms with Crippen molar-refractivity contribution in [3.8, 4) is 0 Å². The number of hydrogen-bond donors (Lipinski definition) is 0. The van der Waals surface area contributed by atoms with Crippen molar-refractivity contribution in [1.29, 1.82) is 0 Å². The van der Waals surface area contributed by atoms with E-state index in [1.807, 2.05) is 55.6 Å². The molecule has 2 amide bonds. The molecule has 2 aromatic rings. The van der Waals surface area contributed by atoms with Crippen molar-refractivity contribution in [3.05, 3.63) is 69.7 Å². The first-order chi connectivity index (χ1) is 19.4. The predicted octanol–water partition coefficient (Wildman–Crippen LogP) is 6.37. The molecule has 0 spiro atoms. The molecular formula is C32H43Cl2N3O3. The van der Waals surface area contributed by atoms with Crippen LogP contribution in [-0.4, -0.2) is 86.0 Å². The van der Waals surface area contributed by atoms with Crippen molar-refractivity contribution in [1.82, 2.24) is 14.7 Å². The Labute approximate surface area is 249 Å². The number of amides is 2. The average Bonchev–Trinajstić information content (AvgIpc) is 3.83. The number of ether oxygens (including phenoxy) is 1. The molecule has 6 nitrogen and oxygen atoms in total. The highest BCUT2D eigenvalue weighted by Crippen LogP contribution is 2.33. The Hall–Kier alpha value is -2.12. The fraction of sp³-hybridized carbons (Fsp3) is 0.562. The summed E-state index contributed by atoms with van der Waals surface area (Å²) in [7, 11) is 3.59. The Kier molecular flexibility index (Phi) is 11.7. The number of carbonyl (C=O) groups excluding carboxylic acids is 2. The van der Waals surface area contributed by atoms with Gasteiger partial charge in [0.05, 0.1) is 10.0 Å². The van der Waals surface area contributed by atoms with E-state index in [0.717, 1.165) is 83.3 Å². The van der Waals surface area contributed by atoms with Gasteiger partial charge in [-0.15, -0.1) is 0 Å². The zero-order valence-corrected chi connectivity index (χ0v) is 25.4. The van der Waals surface area contributed by atoms with Crippen molar-refractivity contribution in [2.24, 2.45) is 5.92 Å². The van der Waals surface area contributed by atoms with E-state index in [1.54, 1.807) is 12.0 Å². The molecule has 1 saturated heterocycles. The smallest absolute Gasteiger partial charge is 0.253 e. The van der Waals surface area contributed by atoms with Crippen molar-refractivity contribution in [3.63, 3.8) is 0 Å². The number of methoxy groups -OCH3 is 1. The highest BCUT2D eigenvalue weighted by Gasteiger charge is 2.37. The zero-order chi connectivity index (χ0) is 28.5. The van der Waals surface area contributed by atoms with Gasteiger partial charge in [-0.25, -0.2) is 0 Å². The molecule has 1 heterocycles. The van der Waals surface area contributed by atoms with Gasteiger partial charge in [-0.3, -0.25) is 9.59 Å². The molecule has 8 heteroatoms. The second kappa shape index (κ2) is 15.2. The minimum Gasteiger partial charge on any atom is -0.385 e. The standard InChI is InChI=1S/C32H43Cl2N3O3/c1-35(31(38)24-8-4-3-5-9-24)23-27(26-12-13-29(33)30(34)22-26)14-18-36-19-15-28(16-20-36)37(17-6-7-21-40-2)32(39)25-10-11-25/h3-5,8-9,12-13,22,25,27-28H,6-7,10-11,14-21,23H2,1-2H3/t27-/m1/s1. The van der Waals surface area contributed by atoms with Crippen molar-refractivity contribution in [2.45, 2.75) is 56.9 Å². The second-order valence-electron chi connectivity index (χ2n) is 11.3. The van der Waals surface area contributed by atoms with E-state index in [1.165, 1.54) is 0 Å². The second-order valence-corrected chi connectivity index (χ2v) is 12.1. The van der Waals surface area contributed by atoms with Gasteiger partial charge in [0.15, 0.2) is 0 Å². The van der Waals surface area contributed by atoms with Crippen LogP contribution in [0.2, 0.25) is 10.0 Å². The maximum absolute atomic E-state index is 13.1. The predicted molar refractivity (Wildman–Crippen MR) is 162 cm³/mol. The van der Waals surface area contributed by atoms with Gasteiger partial charge in [0.2, 0.25) is 5.91 Å². The van der Waals surface area contributed by atoms with Crippen molar-refractivity contribution >= 4 is 35.0 Å². The number of halogens is 2. The lowest BCUT2D eigenvalue weighted by Gasteiger charge is -2.39. The van der Waals surface area contributed by atoms with Gasteiger partial charge in [-0.2, -0.15) is 0 Å². The van der Waals surface area contributed by atoms with E-state index in [0.29, 0.717) is 34.1 Å². The normalized spacial score (nSPS) is 17.0. The number of likely N-dealkylation sites (tertiary alicyclic amines) is 1. The van der Waals surface area contributed by atoms with Gasteiger partial charge in [0, 0.05) is 70.4 Å². The first-order valence-corrected chi connectivity index (χ1v) is 15.4. The van der Waals surface area contributed by atoms with E-state index < -0.39 is 0 Å². The highest BCUT2D eigenvalue weighted by atomic mass is 35.5. The first-order valence-electron chi connectivity index (χ1n) is 14.6. The van der Waals surface area contributed by atoms with Crippen LogP contribution in [0.4, 0.5) is 0 Å². The number of likely N-dealkylation sites (N-methyl/N-ethyl adjacent to an activating group) is 1. The minimum atomic E-state index is 0.0115. The van der Waals surface area contributed by atoms with Crippen molar-refractivity contribution in [2.75, 3.05) is 53.5 Å². The molecule has 1 aliphatic heterocycles.